The normalized spacial score (nSPS) is 33.4. The monoisotopic (exact) mass is 326 g/mol. The third-order valence-corrected chi connectivity index (χ3v) is 5.89. The molecule has 2 heterocycles. The van der Waals surface area contributed by atoms with Crippen molar-refractivity contribution in [1.82, 2.24) is 5.06 Å². The summed E-state index contributed by atoms with van der Waals surface area (Å²) in [7, 11) is 0. The minimum atomic E-state index is -0.550. The first-order valence-corrected chi connectivity index (χ1v) is 9.62. The molecular weight excluding hydrogens is 290 g/mol. The molecule has 4 nitrogen and oxygen atoms in total. The maximum atomic E-state index is 12.9. The van der Waals surface area contributed by atoms with E-state index in [9.17, 15) is 5.21 Å². The Kier molecular flexibility index (Phi) is 6.15. The summed E-state index contributed by atoms with van der Waals surface area (Å²) in [5.74, 6) is -0.550. The molecule has 0 amide bonds. The van der Waals surface area contributed by atoms with E-state index in [1.165, 1.54) is 30.7 Å². The van der Waals surface area contributed by atoms with Crippen molar-refractivity contribution in [2.24, 2.45) is 0 Å². The minimum absolute atomic E-state index is 0.201. The lowest BCUT2D eigenvalue weighted by Crippen LogP contribution is -2.65. The van der Waals surface area contributed by atoms with Gasteiger partial charge in [-0.15, -0.1) is 10.3 Å². The smallest absolute Gasteiger partial charge is 0.172 e. The first kappa shape index (κ1) is 19.2. The van der Waals surface area contributed by atoms with E-state index in [1.807, 2.05) is 13.8 Å². The number of unbranched alkanes of at least 4 members (excludes halogenated alkanes) is 3. The van der Waals surface area contributed by atoms with Crippen LogP contribution in [0.2, 0.25) is 0 Å². The summed E-state index contributed by atoms with van der Waals surface area (Å²) >= 11 is 0. The maximum Gasteiger partial charge on any atom is 0.172 e. The molecule has 2 aliphatic rings. The average molecular weight is 327 g/mol. The van der Waals surface area contributed by atoms with Gasteiger partial charge in [-0.3, -0.25) is 0 Å². The van der Waals surface area contributed by atoms with Crippen LogP contribution in [-0.2, 0) is 14.7 Å². The SMILES string of the molecule is CCCCCCC1COC2(CC(C)(C)N([O])C(CC)(CC)C2)O1. The molecule has 2 unspecified atom stereocenters. The van der Waals surface area contributed by atoms with Crippen LogP contribution >= 0.6 is 0 Å². The van der Waals surface area contributed by atoms with Crippen molar-refractivity contribution in [3.05, 3.63) is 0 Å². The average Bonchev–Trinajstić information content (AvgIpc) is 2.89. The van der Waals surface area contributed by atoms with Gasteiger partial charge in [0.2, 0.25) is 0 Å². The molecule has 23 heavy (non-hydrogen) atoms. The summed E-state index contributed by atoms with van der Waals surface area (Å²) in [5.41, 5.74) is -0.805. The molecule has 2 saturated heterocycles. The van der Waals surface area contributed by atoms with Crippen LogP contribution in [0.3, 0.4) is 0 Å². The lowest BCUT2D eigenvalue weighted by molar-refractivity contribution is -0.352. The molecule has 0 N–H and O–H groups in total. The quantitative estimate of drug-likeness (QED) is 0.628. The van der Waals surface area contributed by atoms with Crippen LogP contribution in [0.5, 0.6) is 0 Å². The number of rotatable bonds is 7. The molecule has 0 bridgehead atoms. The molecule has 2 atom stereocenters. The Morgan fingerprint density at radius 1 is 1.04 bits per heavy atom. The zero-order valence-electron chi connectivity index (χ0n) is 15.8. The Balaban J connectivity index is 2.04. The topological polar surface area (TPSA) is 41.6 Å². The molecule has 0 aromatic heterocycles. The van der Waals surface area contributed by atoms with Crippen LogP contribution in [-0.4, -0.2) is 34.6 Å². The highest BCUT2D eigenvalue weighted by atomic mass is 16.7. The van der Waals surface area contributed by atoms with Gasteiger partial charge < -0.3 is 9.47 Å². The number of hydrogen-bond donors (Lipinski definition) is 0. The molecule has 0 aromatic carbocycles. The number of hydroxylamine groups is 2. The van der Waals surface area contributed by atoms with Gasteiger partial charge in [-0.05, 0) is 33.1 Å². The summed E-state index contributed by atoms with van der Waals surface area (Å²) in [6, 6.07) is 0. The van der Waals surface area contributed by atoms with Gasteiger partial charge in [0.05, 0.1) is 18.2 Å². The molecule has 2 aliphatic heterocycles. The van der Waals surface area contributed by atoms with E-state index in [4.69, 9.17) is 9.47 Å². The zero-order valence-corrected chi connectivity index (χ0v) is 15.8. The van der Waals surface area contributed by atoms with E-state index < -0.39 is 11.3 Å². The fourth-order valence-corrected chi connectivity index (χ4v) is 4.54. The van der Waals surface area contributed by atoms with Gasteiger partial charge in [-0.2, -0.15) is 0 Å². The second kappa shape index (κ2) is 7.38. The Morgan fingerprint density at radius 3 is 2.35 bits per heavy atom. The highest BCUT2D eigenvalue weighted by molar-refractivity contribution is 5.05. The summed E-state index contributed by atoms with van der Waals surface area (Å²) in [6.45, 7) is 11.2. The van der Waals surface area contributed by atoms with Crippen molar-refractivity contribution >= 4 is 0 Å². The standard InChI is InChI=1S/C19H36NO3/c1-6-9-10-11-12-16-13-22-19(23-16)14-17(4,5)20(21)18(7-2,8-3)15-19/h16H,6-15H2,1-5H3. The van der Waals surface area contributed by atoms with Gasteiger partial charge in [0, 0.05) is 18.4 Å². The third kappa shape index (κ3) is 3.92. The van der Waals surface area contributed by atoms with Gasteiger partial charge in [0.1, 0.15) is 0 Å². The molecule has 1 radical (unpaired) electrons. The van der Waals surface area contributed by atoms with Gasteiger partial charge in [0.25, 0.3) is 0 Å². The summed E-state index contributed by atoms with van der Waals surface area (Å²) in [6.07, 6.45) is 9.36. The highest BCUT2D eigenvalue weighted by Gasteiger charge is 2.59. The van der Waals surface area contributed by atoms with Gasteiger partial charge in [0.15, 0.2) is 5.79 Å². The summed E-state index contributed by atoms with van der Waals surface area (Å²) < 4.78 is 12.6. The van der Waals surface area contributed by atoms with Crippen molar-refractivity contribution in [2.75, 3.05) is 6.61 Å². The molecule has 0 saturated carbocycles. The van der Waals surface area contributed by atoms with Crippen LogP contribution in [0.4, 0.5) is 0 Å². The van der Waals surface area contributed by atoms with Crippen LogP contribution < -0.4 is 0 Å². The Morgan fingerprint density at radius 2 is 1.74 bits per heavy atom. The number of nitrogens with zero attached hydrogens (tertiary/aromatic N) is 1. The van der Waals surface area contributed by atoms with E-state index in [1.54, 1.807) is 0 Å². The summed E-state index contributed by atoms with van der Waals surface area (Å²) in [5, 5.41) is 14.2. The van der Waals surface area contributed by atoms with Gasteiger partial charge in [-0.1, -0.05) is 46.5 Å². The molecule has 0 aromatic rings. The Labute approximate surface area is 142 Å². The van der Waals surface area contributed by atoms with E-state index in [0.29, 0.717) is 19.4 Å². The predicted molar refractivity (Wildman–Crippen MR) is 91.5 cm³/mol. The first-order chi connectivity index (χ1) is 10.8. The highest BCUT2D eigenvalue weighted by Crippen LogP contribution is 2.50. The van der Waals surface area contributed by atoms with E-state index >= 15 is 0 Å². The van der Waals surface area contributed by atoms with Crippen LogP contribution in [0.25, 0.3) is 0 Å². The first-order valence-electron chi connectivity index (χ1n) is 9.62. The fourth-order valence-electron chi connectivity index (χ4n) is 4.54. The van der Waals surface area contributed by atoms with Gasteiger partial charge >= 0.3 is 0 Å². The van der Waals surface area contributed by atoms with E-state index in [0.717, 1.165) is 19.3 Å². The maximum absolute atomic E-state index is 12.9. The van der Waals surface area contributed by atoms with Crippen molar-refractivity contribution in [2.45, 2.75) is 115 Å². The Bertz CT molecular complexity index is 381. The van der Waals surface area contributed by atoms with Crippen molar-refractivity contribution in [3.8, 4) is 0 Å². The molecule has 2 fully saturated rings. The van der Waals surface area contributed by atoms with Crippen molar-refractivity contribution in [3.63, 3.8) is 0 Å². The number of hydrogen-bond acceptors (Lipinski definition) is 3. The lowest BCUT2D eigenvalue weighted by Gasteiger charge is -2.55. The van der Waals surface area contributed by atoms with Crippen LogP contribution in [0.15, 0.2) is 0 Å². The van der Waals surface area contributed by atoms with Crippen LogP contribution in [0.1, 0.15) is 92.4 Å². The third-order valence-electron chi connectivity index (χ3n) is 5.89. The largest absolute Gasteiger partial charge is 0.347 e. The number of piperidine rings is 1. The fraction of sp³-hybridized carbons (Fsp3) is 1.00. The zero-order chi connectivity index (χ0) is 17.1. The number of ether oxygens (including phenoxy) is 2. The van der Waals surface area contributed by atoms with Crippen LogP contribution in [0, 0.1) is 0 Å². The minimum Gasteiger partial charge on any atom is -0.347 e. The molecule has 4 heteroatoms. The lowest BCUT2D eigenvalue weighted by atomic mass is 9.73. The second-order valence-corrected chi connectivity index (χ2v) is 8.20. The summed E-state index contributed by atoms with van der Waals surface area (Å²) in [4.78, 5) is 0. The van der Waals surface area contributed by atoms with E-state index in [2.05, 4.69) is 20.8 Å². The molecule has 0 aliphatic carbocycles. The molecule has 2 rings (SSSR count). The second-order valence-electron chi connectivity index (χ2n) is 8.20. The van der Waals surface area contributed by atoms with E-state index in [-0.39, 0.29) is 11.6 Å². The predicted octanol–water partition coefficient (Wildman–Crippen LogP) is 4.85. The molecule has 135 valence electrons. The van der Waals surface area contributed by atoms with Gasteiger partial charge in [-0.25, -0.2) is 0 Å². The molecule has 1 spiro atoms. The Hall–Kier alpha value is -0.160. The molecular formula is C19H36NO3. The van der Waals surface area contributed by atoms with Crippen molar-refractivity contribution in [1.29, 1.82) is 0 Å². The van der Waals surface area contributed by atoms with Crippen molar-refractivity contribution < 1.29 is 14.7 Å².